The molecule has 1 aromatic heterocycles. The third-order valence-electron chi connectivity index (χ3n) is 1.88. The van der Waals surface area contributed by atoms with Crippen LogP contribution in [0.3, 0.4) is 0 Å². The zero-order valence-electron chi connectivity index (χ0n) is 9.76. The van der Waals surface area contributed by atoms with Crippen LogP contribution in [0.25, 0.3) is 0 Å². The highest BCUT2D eigenvalue weighted by Gasteiger charge is 2.09. The van der Waals surface area contributed by atoms with Gasteiger partial charge in [0.25, 0.3) is 5.91 Å². The van der Waals surface area contributed by atoms with Gasteiger partial charge in [-0.25, -0.2) is 8.42 Å². The van der Waals surface area contributed by atoms with E-state index >= 15 is 0 Å². The molecule has 0 radical (unpaired) electrons. The van der Waals surface area contributed by atoms with E-state index in [4.69, 9.17) is 5.11 Å². The summed E-state index contributed by atoms with van der Waals surface area (Å²) in [7, 11) is -3.07. The predicted molar refractivity (Wildman–Crippen MR) is 70.3 cm³/mol. The summed E-state index contributed by atoms with van der Waals surface area (Å²) in [5, 5.41) is 11.1. The lowest BCUT2D eigenvalue weighted by Crippen LogP contribution is -2.28. The van der Waals surface area contributed by atoms with Crippen molar-refractivity contribution >= 4 is 27.1 Å². The number of rotatable bonds is 4. The van der Waals surface area contributed by atoms with Crippen LogP contribution in [0.2, 0.25) is 0 Å². The number of hydrogen-bond acceptors (Lipinski definition) is 5. The molecule has 5 nitrogen and oxygen atoms in total. The van der Waals surface area contributed by atoms with Crippen molar-refractivity contribution in [2.45, 2.75) is 0 Å². The van der Waals surface area contributed by atoms with Gasteiger partial charge in [-0.2, -0.15) is 0 Å². The van der Waals surface area contributed by atoms with Crippen molar-refractivity contribution in [3.05, 3.63) is 21.9 Å². The number of sulfone groups is 1. The van der Waals surface area contributed by atoms with Gasteiger partial charge in [0.2, 0.25) is 0 Å². The third kappa shape index (κ3) is 5.31. The minimum Gasteiger partial charge on any atom is -0.384 e. The second-order valence-corrected chi connectivity index (χ2v) is 6.85. The Morgan fingerprint density at radius 2 is 2.22 bits per heavy atom. The fourth-order valence-electron chi connectivity index (χ4n) is 1.09. The van der Waals surface area contributed by atoms with Crippen LogP contribution in [-0.2, 0) is 9.84 Å². The largest absolute Gasteiger partial charge is 0.384 e. The Bertz CT molecular complexity index is 578. The van der Waals surface area contributed by atoms with E-state index < -0.39 is 9.84 Å². The molecule has 0 saturated heterocycles. The van der Waals surface area contributed by atoms with E-state index in [0.29, 0.717) is 9.75 Å². The highest BCUT2D eigenvalue weighted by atomic mass is 32.2. The van der Waals surface area contributed by atoms with Gasteiger partial charge in [0.15, 0.2) is 0 Å². The number of thiophene rings is 1. The number of hydrogen-bond donors (Lipinski definition) is 2. The van der Waals surface area contributed by atoms with Crippen LogP contribution in [0.15, 0.2) is 12.1 Å². The number of carbonyl (C=O) groups excluding carboxylic acids is 1. The van der Waals surface area contributed by atoms with Crippen LogP contribution in [0, 0.1) is 11.8 Å². The van der Waals surface area contributed by atoms with Gasteiger partial charge in [-0.05, 0) is 12.1 Å². The molecule has 0 fully saturated rings. The van der Waals surface area contributed by atoms with Crippen molar-refractivity contribution in [1.29, 1.82) is 0 Å². The van der Waals surface area contributed by atoms with Crippen LogP contribution in [0.4, 0.5) is 0 Å². The second-order valence-electron chi connectivity index (χ2n) is 3.51. The molecule has 0 aliphatic heterocycles. The Labute approximate surface area is 110 Å². The van der Waals surface area contributed by atoms with Gasteiger partial charge < -0.3 is 10.4 Å². The summed E-state index contributed by atoms with van der Waals surface area (Å²) in [5.74, 6) is 4.78. The Balaban J connectivity index is 2.54. The number of aliphatic hydroxyl groups excluding tert-OH is 1. The molecule has 98 valence electrons. The third-order valence-corrected chi connectivity index (χ3v) is 3.82. The Morgan fingerprint density at radius 3 is 2.83 bits per heavy atom. The number of aliphatic hydroxyl groups is 1. The van der Waals surface area contributed by atoms with Crippen LogP contribution >= 0.6 is 11.3 Å². The molecule has 0 saturated carbocycles. The van der Waals surface area contributed by atoms with Crippen molar-refractivity contribution in [2.24, 2.45) is 0 Å². The maximum atomic E-state index is 11.6. The molecule has 0 aromatic carbocycles. The second kappa shape index (κ2) is 6.54. The minimum absolute atomic E-state index is 0.0821. The molecular weight excluding hydrogens is 274 g/mol. The van der Waals surface area contributed by atoms with E-state index in [-0.39, 0.29) is 24.8 Å². The van der Waals surface area contributed by atoms with E-state index in [1.54, 1.807) is 12.1 Å². The summed E-state index contributed by atoms with van der Waals surface area (Å²) in [6, 6.07) is 3.29. The fourth-order valence-corrected chi connectivity index (χ4v) is 2.36. The van der Waals surface area contributed by atoms with E-state index in [2.05, 4.69) is 17.2 Å². The lowest BCUT2D eigenvalue weighted by molar-refractivity contribution is 0.0960. The van der Waals surface area contributed by atoms with Crippen molar-refractivity contribution in [2.75, 3.05) is 25.2 Å². The van der Waals surface area contributed by atoms with Crippen LogP contribution in [-0.4, -0.2) is 44.6 Å². The molecule has 1 amide bonds. The van der Waals surface area contributed by atoms with Gasteiger partial charge in [0.1, 0.15) is 16.4 Å². The molecule has 0 bridgehead atoms. The summed E-state index contributed by atoms with van der Waals surface area (Å²) >= 11 is 1.19. The molecule has 1 rings (SSSR count). The molecule has 0 unspecified atom stereocenters. The molecule has 0 aliphatic rings. The quantitative estimate of drug-likeness (QED) is 0.755. The molecule has 18 heavy (non-hydrogen) atoms. The summed E-state index contributed by atoms with van der Waals surface area (Å²) in [6.07, 6.45) is 1.12. The number of nitrogens with one attached hydrogen (secondary N) is 1. The van der Waals surface area contributed by atoms with Crippen molar-refractivity contribution in [3.63, 3.8) is 0 Å². The monoisotopic (exact) mass is 287 g/mol. The van der Waals surface area contributed by atoms with Crippen molar-refractivity contribution in [3.8, 4) is 11.8 Å². The highest BCUT2D eigenvalue weighted by molar-refractivity contribution is 7.90. The first-order chi connectivity index (χ1) is 8.42. The maximum Gasteiger partial charge on any atom is 0.261 e. The maximum absolute atomic E-state index is 11.6. The Hall–Kier alpha value is -1.36. The summed E-state index contributed by atoms with van der Waals surface area (Å²) in [5.41, 5.74) is 0. The van der Waals surface area contributed by atoms with Gasteiger partial charge in [-0.15, -0.1) is 11.3 Å². The zero-order chi connectivity index (χ0) is 13.6. The lowest BCUT2D eigenvalue weighted by Gasteiger charge is -2.01. The molecule has 0 aliphatic carbocycles. The summed E-state index contributed by atoms with van der Waals surface area (Å²) in [4.78, 5) is 12.8. The first kappa shape index (κ1) is 14.7. The van der Waals surface area contributed by atoms with Crippen LogP contribution in [0.1, 0.15) is 14.5 Å². The fraction of sp³-hybridized carbons (Fsp3) is 0.364. The molecule has 2 N–H and O–H groups in total. The molecule has 0 spiro atoms. The summed E-state index contributed by atoms with van der Waals surface area (Å²) in [6.45, 7) is -0.138. The van der Waals surface area contributed by atoms with Gasteiger partial charge in [0, 0.05) is 12.8 Å². The zero-order valence-corrected chi connectivity index (χ0v) is 11.4. The SMILES string of the molecule is CS(=O)(=O)CCNC(=O)c1ccc(C#CCO)s1. The molecular formula is C11H13NO4S2. The van der Waals surface area contributed by atoms with Crippen molar-refractivity contribution < 1.29 is 18.3 Å². The van der Waals surface area contributed by atoms with Crippen molar-refractivity contribution in [1.82, 2.24) is 5.32 Å². The van der Waals surface area contributed by atoms with Gasteiger partial charge in [-0.3, -0.25) is 4.79 Å². The molecule has 7 heteroatoms. The smallest absolute Gasteiger partial charge is 0.261 e. The Kier molecular flexibility index (Phi) is 5.34. The lowest BCUT2D eigenvalue weighted by atomic mass is 10.4. The van der Waals surface area contributed by atoms with Gasteiger partial charge in [-0.1, -0.05) is 11.8 Å². The first-order valence-electron chi connectivity index (χ1n) is 5.08. The minimum atomic E-state index is -3.07. The standard InChI is InChI=1S/C11H13NO4S2/c1-18(15,16)8-6-12-11(14)10-5-4-9(17-10)3-2-7-13/h4-5,13H,6-8H2,1H3,(H,12,14). The number of amides is 1. The summed E-state index contributed by atoms with van der Waals surface area (Å²) < 4.78 is 21.8. The predicted octanol–water partition coefficient (Wildman–Crippen LogP) is -0.134. The van der Waals surface area contributed by atoms with Crippen LogP contribution < -0.4 is 5.32 Å². The topological polar surface area (TPSA) is 83.5 Å². The van der Waals surface area contributed by atoms with Crippen LogP contribution in [0.5, 0.6) is 0 Å². The van der Waals surface area contributed by atoms with E-state index in [1.807, 2.05) is 0 Å². The Morgan fingerprint density at radius 1 is 1.50 bits per heavy atom. The average Bonchev–Trinajstić information content (AvgIpc) is 2.73. The molecule has 1 aromatic rings. The van der Waals surface area contributed by atoms with E-state index in [9.17, 15) is 13.2 Å². The normalized spacial score (nSPS) is 10.6. The van der Waals surface area contributed by atoms with Gasteiger partial charge in [0.05, 0.1) is 15.5 Å². The molecule has 0 atom stereocenters. The van der Waals surface area contributed by atoms with E-state index in [1.165, 1.54) is 11.3 Å². The average molecular weight is 287 g/mol. The first-order valence-corrected chi connectivity index (χ1v) is 7.95. The van der Waals surface area contributed by atoms with E-state index in [0.717, 1.165) is 6.26 Å². The number of carbonyl (C=O) groups is 1. The molecule has 1 heterocycles. The van der Waals surface area contributed by atoms with Gasteiger partial charge >= 0.3 is 0 Å². The highest BCUT2D eigenvalue weighted by Crippen LogP contribution is 2.14.